The lowest BCUT2D eigenvalue weighted by Crippen LogP contribution is -2.40. The van der Waals surface area contributed by atoms with E-state index in [4.69, 9.17) is 4.74 Å². The highest BCUT2D eigenvalue weighted by molar-refractivity contribution is 5.79. The van der Waals surface area contributed by atoms with Crippen LogP contribution in [-0.4, -0.2) is 40.8 Å². The lowest BCUT2D eigenvalue weighted by Gasteiger charge is -2.32. The van der Waals surface area contributed by atoms with Crippen molar-refractivity contribution in [2.75, 3.05) is 19.6 Å². The molecule has 3 rings (SSSR count). The Labute approximate surface area is 107 Å². The smallest absolute Gasteiger partial charge is 0.120 e. The van der Waals surface area contributed by atoms with Gasteiger partial charge in [0.15, 0.2) is 0 Å². The number of aromatic nitrogens is 2. The fourth-order valence-corrected chi connectivity index (χ4v) is 2.58. The molecular weight excluding hydrogens is 226 g/mol. The van der Waals surface area contributed by atoms with Crippen LogP contribution in [0.4, 0.5) is 0 Å². The maximum absolute atomic E-state index is 6.08. The molecule has 4 heteroatoms. The molecule has 0 amide bonds. The van der Waals surface area contributed by atoms with E-state index in [1.54, 1.807) is 0 Å². The molecule has 1 atom stereocenters. The Kier molecular flexibility index (Phi) is 3.19. The summed E-state index contributed by atoms with van der Waals surface area (Å²) in [5, 5.41) is 8.09. The Morgan fingerprint density at radius 3 is 3.33 bits per heavy atom. The zero-order valence-corrected chi connectivity index (χ0v) is 10.7. The van der Waals surface area contributed by atoms with Crippen molar-refractivity contribution in [3.05, 3.63) is 24.4 Å². The number of nitrogens with zero attached hydrogens (tertiary/aromatic N) is 2. The molecule has 0 bridgehead atoms. The summed E-state index contributed by atoms with van der Waals surface area (Å²) in [6, 6.07) is 6.10. The van der Waals surface area contributed by atoms with Crippen molar-refractivity contribution in [3.8, 4) is 5.75 Å². The molecule has 18 heavy (non-hydrogen) atoms. The van der Waals surface area contributed by atoms with E-state index in [9.17, 15) is 0 Å². The molecule has 1 aromatic heterocycles. The largest absolute Gasteiger partial charge is 0.489 e. The van der Waals surface area contributed by atoms with Gasteiger partial charge in [-0.25, -0.2) is 0 Å². The quantitative estimate of drug-likeness (QED) is 0.903. The standard InChI is InChI=1S/C14H19N3O/c1-2-17-7-3-4-13(10-17)18-12-5-6-14-11(8-12)9-15-16-14/h5-6,8-9,13H,2-4,7,10H2,1H3,(H,15,16). The van der Waals surface area contributed by atoms with Crippen molar-refractivity contribution < 1.29 is 4.74 Å². The number of rotatable bonds is 3. The zero-order chi connectivity index (χ0) is 12.4. The van der Waals surface area contributed by atoms with Gasteiger partial charge in [0.1, 0.15) is 11.9 Å². The van der Waals surface area contributed by atoms with Crippen LogP contribution in [-0.2, 0) is 0 Å². The minimum Gasteiger partial charge on any atom is -0.489 e. The van der Waals surface area contributed by atoms with Crippen molar-refractivity contribution >= 4 is 10.9 Å². The highest BCUT2D eigenvalue weighted by Gasteiger charge is 2.20. The topological polar surface area (TPSA) is 41.1 Å². The summed E-state index contributed by atoms with van der Waals surface area (Å²) in [6.45, 7) is 5.57. The molecular formula is C14H19N3O. The maximum Gasteiger partial charge on any atom is 0.120 e. The second kappa shape index (κ2) is 4.98. The summed E-state index contributed by atoms with van der Waals surface area (Å²) in [6.07, 6.45) is 4.54. The Balaban J connectivity index is 1.71. The van der Waals surface area contributed by atoms with Gasteiger partial charge in [0.2, 0.25) is 0 Å². The summed E-state index contributed by atoms with van der Waals surface area (Å²) in [7, 11) is 0. The third-order valence-electron chi connectivity index (χ3n) is 3.62. The third-order valence-corrected chi connectivity index (χ3v) is 3.62. The van der Waals surface area contributed by atoms with Crippen LogP contribution < -0.4 is 4.74 Å². The Morgan fingerprint density at radius 1 is 1.50 bits per heavy atom. The average Bonchev–Trinajstić information content (AvgIpc) is 2.86. The summed E-state index contributed by atoms with van der Waals surface area (Å²) in [5.74, 6) is 0.951. The van der Waals surface area contributed by atoms with Crippen LogP contribution in [0.3, 0.4) is 0 Å². The summed E-state index contributed by atoms with van der Waals surface area (Å²) in [5.41, 5.74) is 1.06. The van der Waals surface area contributed by atoms with Crippen LogP contribution in [0.1, 0.15) is 19.8 Å². The Morgan fingerprint density at radius 2 is 2.44 bits per heavy atom. The van der Waals surface area contributed by atoms with E-state index in [1.165, 1.54) is 13.0 Å². The van der Waals surface area contributed by atoms with Gasteiger partial charge in [0.25, 0.3) is 0 Å². The number of nitrogens with one attached hydrogen (secondary N) is 1. The number of fused-ring (bicyclic) bond motifs is 1. The van der Waals surface area contributed by atoms with Crippen molar-refractivity contribution in [2.45, 2.75) is 25.9 Å². The predicted molar refractivity (Wildman–Crippen MR) is 71.9 cm³/mol. The van der Waals surface area contributed by atoms with Gasteiger partial charge < -0.3 is 4.74 Å². The first kappa shape index (κ1) is 11.5. The molecule has 0 radical (unpaired) electrons. The van der Waals surface area contributed by atoms with Gasteiger partial charge in [0.05, 0.1) is 11.7 Å². The molecule has 2 aromatic rings. The van der Waals surface area contributed by atoms with E-state index < -0.39 is 0 Å². The molecule has 1 N–H and O–H groups in total. The number of ether oxygens (including phenoxy) is 1. The number of aromatic amines is 1. The molecule has 1 aliphatic heterocycles. The van der Waals surface area contributed by atoms with E-state index >= 15 is 0 Å². The highest BCUT2D eigenvalue weighted by atomic mass is 16.5. The number of H-pyrrole nitrogens is 1. The molecule has 1 aromatic carbocycles. The molecule has 96 valence electrons. The molecule has 0 aliphatic carbocycles. The van der Waals surface area contributed by atoms with Crippen molar-refractivity contribution in [2.24, 2.45) is 0 Å². The van der Waals surface area contributed by atoms with Gasteiger partial charge in [-0.3, -0.25) is 10.00 Å². The summed E-state index contributed by atoms with van der Waals surface area (Å²) >= 11 is 0. The second-order valence-electron chi connectivity index (χ2n) is 4.89. The van der Waals surface area contributed by atoms with Gasteiger partial charge in [-0.05, 0) is 44.1 Å². The number of benzene rings is 1. The molecule has 4 nitrogen and oxygen atoms in total. The minimum absolute atomic E-state index is 0.322. The van der Waals surface area contributed by atoms with E-state index in [2.05, 4.69) is 28.1 Å². The second-order valence-corrected chi connectivity index (χ2v) is 4.89. The number of hydrogen-bond donors (Lipinski definition) is 1. The van der Waals surface area contributed by atoms with Crippen LogP contribution in [0.15, 0.2) is 24.4 Å². The average molecular weight is 245 g/mol. The van der Waals surface area contributed by atoms with Crippen molar-refractivity contribution in [1.29, 1.82) is 0 Å². The van der Waals surface area contributed by atoms with Crippen LogP contribution in [0.25, 0.3) is 10.9 Å². The Hall–Kier alpha value is -1.55. The first-order valence-electron chi connectivity index (χ1n) is 6.67. The van der Waals surface area contributed by atoms with Gasteiger partial charge in [-0.2, -0.15) is 5.10 Å². The molecule has 0 spiro atoms. The lowest BCUT2D eigenvalue weighted by molar-refractivity contribution is 0.0921. The molecule has 2 heterocycles. The molecule has 1 unspecified atom stereocenters. The summed E-state index contributed by atoms with van der Waals surface area (Å²) < 4.78 is 6.08. The van der Waals surface area contributed by atoms with Gasteiger partial charge in [-0.1, -0.05) is 6.92 Å². The zero-order valence-electron chi connectivity index (χ0n) is 10.7. The number of hydrogen-bond acceptors (Lipinski definition) is 3. The monoisotopic (exact) mass is 245 g/mol. The number of likely N-dealkylation sites (tertiary alicyclic amines) is 1. The van der Waals surface area contributed by atoms with E-state index in [1.807, 2.05) is 18.3 Å². The fraction of sp³-hybridized carbons (Fsp3) is 0.500. The van der Waals surface area contributed by atoms with E-state index in [-0.39, 0.29) is 0 Å². The lowest BCUT2D eigenvalue weighted by atomic mass is 10.1. The first-order valence-corrected chi connectivity index (χ1v) is 6.67. The Bertz CT molecular complexity index is 522. The van der Waals surface area contributed by atoms with Crippen molar-refractivity contribution in [1.82, 2.24) is 15.1 Å². The molecule has 1 aliphatic rings. The van der Waals surface area contributed by atoms with Crippen LogP contribution in [0, 0.1) is 0 Å². The van der Waals surface area contributed by atoms with Crippen LogP contribution in [0.2, 0.25) is 0 Å². The molecule has 1 fully saturated rings. The third kappa shape index (κ3) is 2.34. The van der Waals surface area contributed by atoms with Crippen LogP contribution in [0.5, 0.6) is 5.75 Å². The SMILES string of the molecule is CCN1CCCC(Oc2ccc3[nH]ncc3c2)C1. The highest BCUT2D eigenvalue weighted by Crippen LogP contribution is 2.22. The molecule has 1 saturated heterocycles. The van der Waals surface area contributed by atoms with Crippen molar-refractivity contribution in [3.63, 3.8) is 0 Å². The van der Waals surface area contributed by atoms with Gasteiger partial charge in [0, 0.05) is 11.9 Å². The minimum atomic E-state index is 0.322. The first-order chi connectivity index (χ1) is 8.85. The van der Waals surface area contributed by atoms with Gasteiger partial charge >= 0.3 is 0 Å². The van der Waals surface area contributed by atoms with E-state index in [0.717, 1.165) is 36.2 Å². The molecule has 0 saturated carbocycles. The van der Waals surface area contributed by atoms with E-state index in [0.29, 0.717) is 6.10 Å². The maximum atomic E-state index is 6.08. The van der Waals surface area contributed by atoms with Crippen LogP contribution >= 0.6 is 0 Å². The number of piperidine rings is 1. The number of likely N-dealkylation sites (N-methyl/N-ethyl adjacent to an activating group) is 1. The summed E-state index contributed by atoms with van der Waals surface area (Å²) in [4.78, 5) is 2.45. The predicted octanol–water partition coefficient (Wildman–Crippen LogP) is 2.43. The normalized spacial score (nSPS) is 21.3. The fourth-order valence-electron chi connectivity index (χ4n) is 2.58. The van der Waals surface area contributed by atoms with Gasteiger partial charge in [-0.15, -0.1) is 0 Å².